The number of fused-ring (bicyclic) bond motifs is 1. The van der Waals surface area contributed by atoms with Gasteiger partial charge in [-0.1, -0.05) is 42.5 Å². The van der Waals surface area contributed by atoms with Gasteiger partial charge in [0.1, 0.15) is 5.75 Å². The molecule has 1 aromatic heterocycles. The fourth-order valence-corrected chi connectivity index (χ4v) is 3.38. The minimum atomic E-state index is -0.277. The van der Waals surface area contributed by atoms with Gasteiger partial charge in [0.2, 0.25) is 5.91 Å². The monoisotopic (exact) mass is 402 g/mol. The Bertz CT molecular complexity index is 1200. The Kier molecular flexibility index (Phi) is 5.63. The zero-order valence-corrected chi connectivity index (χ0v) is 16.4. The number of H-pyrrole nitrogens is 2. The van der Waals surface area contributed by atoms with Crippen LogP contribution in [-0.2, 0) is 4.79 Å². The maximum atomic E-state index is 12.5. The number of aromatic nitrogens is 2. The molecular formula is C23H22N4O3. The molecule has 0 saturated heterocycles. The summed E-state index contributed by atoms with van der Waals surface area (Å²) >= 11 is 0. The Morgan fingerprint density at radius 3 is 2.37 bits per heavy atom. The first-order chi connectivity index (χ1) is 14.6. The summed E-state index contributed by atoms with van der Waals surface area (Å²) < 4.78 is 5.24. The number of anilines is 1. The first kappa shape index (κ1) is 19.5. The van der Waals surface area contributed by atoms with Gasteiger partial charge in [-0.15, -0.1) is 0 Å². The highest BCUT2D eigenvalue weighted by Crippen LogP contribution is 2.24. The molecule has 0 spiro atoms. The molecule has 7 nitrogen and oxygen atoms in total. The van der Waals surface area contributed by atoms with Crippen LogP contribution in [-0.4, -0.2) is 29.5 Å². The quantitative estimate of drug-likeness (QED) is 0.382. The molecule has 0 radical (unpaired) electrons. The van der Waals surface area contributed by atoms with Crippen LogP contribution < -0.4 is 21.1 Å². The molecule has 3 aromatic carbocycles. The van der Waals surface area contributed by atoms with Crippen molar-refractivity contribution in [1.82, 2.24) is 15.3 Å². The zero-order valence-electron chi connectivity index (χ0n) is 16.4. The van der Waals surface area contributed by atoms with E-state index in [0.717, 1.165) is 16.9 Å². The Hall–Kier alpha value is -3.84. The van der Waals surface area contributed by atoms with Crippen molar-refractivity contribution in [3.63, 3.8) is 0 Å². The van der Waals surface area contributed by atoms with Crippen LogP contribution in [0.15, 0.2) is 77.6 Å². The smallest absolute Gasteiger partial charge is 0.323 e. The van der Waals surface area contributed by atoms with E-state index < -0.39 is 0 Å². The third-order valence-electron chi connectivity index (χ3n) is 4.85. The molecule has 0 saturated carbocycles. The van der Waals surface area contributed by atoms with Crippen molar-refractivity contribution in [2.24, 2.45) is 0 Å². The van der Waals surface area contributed by atoms with E-state index >= 15 is 0 Å². The molecule has 4 aromatic rings. The lowest BCUT2D eigenvalue weighted by atomic mass is 9.98. The number of nitrogens with one attached hydrogen (secondary N) is 4. The maximum absolute atomic E-state index is 12.5. The van der Waals surface area contributed by atoms with E-state index in [1.807, 2.05) is 54.6 Å². The fourth-order valence-electron chi connectivity index (χ4n) is 3.38. The predicted octanol–water partition coefficient (Wildman–Crippen LogP) is 3.18. The number of amides is 1. The first-order valence-electron chi connectivity index (χ1n) is 9.56. The molecule has 30 heavy (non-hydrogen) atoms. The molecule has 0 aliphatic heterocycles. The molecule has 0 bridgehead atoms. The number of carbonyl (C=O) groups is 1. The van der Waals surface area contributed by atoms with Crippen LogP contribution in [0.25, 0.3) is 11.0 Å². The van der Waals surface area contributed by atoms with Crippen LogP contribution in [0.5, 0.6) is 5.75 Å². The van der Waals surface area contributed by atoms with Gasteiger partial charge in [-0.3, -0.25) is 10.1 Å². The van der Waals surface area contributed by atoms with Gasteiger partial charge in [0.25, 0.3) is 0 Å². The normalized spacial score (nSPS) is 11.9. The molecule has 4 N–H and O–H groups in total. The van der Waals surface area contributed by atoms with Gasteiger partial charge in [0.15, 0.2) is 0 Å². The van der Waals surface area contributed by atoms with Gasteiger partial charge in [-0.2, -0.15) is 0 Å². The molecule has 0 fully saturated rings. The minimum absolute atomic E-state index is 0.118. The summed E-state index contributed by atoms with van der Waals surface area (Å²) in [7, 11) is 1.63. The number of hydrogen-bond acceptors (Lipinski definition) is 4. The van der Waals surface area contributed by atoms with Crippen molar-refractivity contribution in [3.05, 3.63) is 94.4 Å². The van der Waals surface area contributed by atoms with Gasteiger partial charge in [0.05, 0.1) is 30.7 Å². The third-order valence-corrected chi connectivity index (χ3v) is 4.85. The molecule has 1 heterocycles. The number of ether oxygens (including phenoxy) is 1. The SMILES string of the molecule is COc1ccc(C(NCC(=O)Nc2ccc3[nH]c(=O)[nH]c3c2)c2ccccc2)cc1. The van der Waals surface area contributed by atoms with E-state index in [9.17, 15) is 9.59 Å². The van der Waals surface area contributed by atoms with E-state index in [2.05, 4.69) is 20.6 Å². The lowest BCUT2D eigenvalue weighted by Gasteiger charge is -2.20. The van der Waals surface area contributed by atoms with Gasteiger partial charge >= 0.3 is 5.69 Å². The van der Waals surface area contributed by atoms with Gasteiger partial charge in [-0.05, 0) is 41.5 Å². The largest absolute Gasteiger partial charge is 0.497 e. The summed E-state index contributed by atoms with van der Waals surface area (Å²) in [5, 5.41) is 6.20. The summed E-state index contributed by atoms with van der Waals surface area (Å²) in [4.78, 5) is 29.3. The molecule has 1 unspecified atom stereocenters. The molecule has 1 amide bonds. The second kappa shape index (κ2) is 8.67. The predicted molar refractivity (Wildman–Crippen MR) is 117 cm³/mol. The topological polar surface area (TPSA) is 99.0 Å². The highest BCUT2D eigenvalue weighted by molar-refractivity contribution is 5.94. The average Bonchev–Trinajstić information content (AvgIpc) is 3.14. The van der Waals surface area contributed by atoms with E-state index in [0.29, 0.717) is 16.7 Å². The second-order valence-corrected chi connectivity index (χ2v) is 6.89. The first-order valence-corrected chi connectivity index (χ1v) is 9.56. The molecule has 7 heteroatoms. The third kappa shape index (κ3) is 4.42. The van der Waals surface area contributed by atoms with E-state index in [4.69, 9.17) is 4.74 Å². The zero-order chi connectivity index (χ0) is 20.9. The summed E-state index contributed by atoms with van der Waals surface area (Å²) in [6.07, 6.45) is 0. The molecule has 152 valence electrons. The number of rotatable bonds is 7. The summed E-state index contributed by atoms with van der Waals surface area (Å²) in [5.41, 5.74) is 3.76. The fraction of sp³-hybridized carbons (Fsp3) is 0.130. The van der Waals surface area contributed by atoms with Crippen molar-refractivity contribution < 1.29 is 9.53 Å². The number of carbonyl (C=O) groups excluding carboxylic acids is 1. The van der Waals surface area contributed by atoms with Crippen molar-refractivity contribution in [1.29, 1.82) is 0 Å². The van der Waals surface area contributed by atoms with E-state index in [1.54, 1.807) is 25.3 Å². The Labute approximate surface area is 173 Å². The summed E-state index contributed by atoms with van der Waals surface area (Å²) in [6, 6.07) is 22.8. The van der Waals surface area contributed by atoms with Crippen LogP contribution in [0, 0.1) is 0 Å². The summed E-state index contributed by atoms with van der Waals surface area (Å²) in [6.45, 7) is 0.118. The van der Waals surface area contributed by atoms with Gasteiger partial charge in [-0.25, -0.2) is 4.79 Å². The van der Waals surface area contributed by atoms with Crippen molar-refractivity contribution in [3.8, 4) is 5.75 Å². The number of aromatic amines is 2. The number of methoxy groups -OCH3 is 1. The highest BCUT2D eigenvalue weighted by atomic mass is 16.5. The molecule has 4 rings (SSSR count). The summed E-state index contributed by atoms with van der Waals surface area (Å²) in [5.74, 6) is 0.600. The molecule has 0 aliphatic carbocycles. The standard InChI is InChI=1S/C23H22N4O3/c1-30-18-10-7-16(8-11-18)22(15-5-3-2-4-6-15)24-14-21(28)25-17-9-12-19-20(13-17)27-23(29)26-19/h2-13,22,24H,14H2,1H3,(H,25,28)(H2,26,27,29). The molecular weight excluding hydrogens is 380 g/mol. The lowest BCUT2D eigenvalue weighted by Crippen LogP contribution is -2.31. The maximum Gasteiger partial charge on any atom is 0.323 e. The van der Waals surface area contributed by atoms with Crippen LogP contribution in [0.1, 0.15) is 17.2 Å². The van der Waals surface area contributed by atoms with Gasteiger partial charge in [0, 0.05) is 5.69 Å². The Morgan fingerprint density at radius 1 is 0.933 bits per heavy atom. The number of hydrogen-bond donors (Lipinski definition) is 4. The Morgan fingerprint density at radius 2 is 1.63 bits per heavy atom. The van der Waals surface area contributed by atoms with Crippen LogP contribution in [0.2, 0.25) is 0 Å². The molecule has 1 atom stereocenters. The minimum Gasteiger partial charge on any atom is -0.497 e. The van der Waals surface area contributed by atoms with E-state index in [1.165, 1.54) is 0 Å². The number of imidazole rings is 1. The lowest BCUT2D eigenvalue weighted by molar-refractivity contribution is -0.115. The highest BCUT2D eigenvalue weighted by Gasteiger charge is 2.15. The number of benzene rings is 3. The average molecular weight is 402 g/mol. The molecule has 0 aliphatic rings. The van der Waals surface area contributed by atoms with Crippen molar-refractivity contribution in [2.45, 2.75) is 6.04 Å². The second-order valence-electron chi connectivity index (χ2n) is 6.89. The Balaban J connectivity index is 1.48. The van der Waals surface area contributed by atoms with Crippen LogP contribution >= 0.6 is 0 Å². The van der Waals surface area contributed by atoms with Crippen LogP contribution in [0.3, 0.4) is 0 Å². The van der Waals surface area contributed by atoms with Crippen LogP contribution in [0.4, 0.5) is 5.69 Å². The van der Waals surface area contributed by atoms with Gasteiger partial charge < -0.3 is 20.0 Å². The van der Waals surface area contributed by atoms with Crippen molar-refractivity contribution in [2.75, 3.05) is 19.0 Å². The van der Waals surface area contributed by atoms with Crippen molar-refractivity contribution >= 4 is 22.6 Å². The van der Waals surface area contributed by atoms with E-state index in [-0.39, 0.29) is 24.2 Å².